The lowest BCUT2D eigenvalue weighted by atomic mass is 9.87. The van der Waals surface area contributed by atoms with Crippen molar-refractivity contribution in [1.29, 1.82) is 0 Å². The molecule has 0 radical (unpaired) electrons. The second-order valence-electron chi connectivity index (χ2n) is 6.11. The van der Waals surface area contributed by atoms with Gasteiger partial charge in [0, 0.05) is 0 Å². The molecule has 0 aliphatic rings. The highest BCUT2D eigenvalue weighted by Gasteiger charge is 2.12. The molecule has 0 atom stereocenters. The molecule has 0 amide bonds. The van der Waals surface area contributed by atoms with Crippen molar-refractivity contribution in [2.24, 2.45) is 0 Å². The fourth-order valence-corrected chi connectivity index (χ4v) is 2.77. The number of hydrogen-bond donors (Lipinski definition) is 0. The van der Waals surface area contributed by atoms with Gasteiger partial charge in [0.15, 0.2) is 0 Å². The Labute approximate surface area is 111 Å². The minimum Gasteiger partial charge on any atom is -0.0587 e. The molecule has 0 fully saturated rings. The molecule has 0 bridgehead atoms. The molecular weight excluding hydrogens is 216 g/mol. The van der Waals surface area contributed by atoms with E-state index in [4.69, 9.17) is 0 Å². The summed E-state index contributed by atoms with van der Waals surface area (Å²) in [5.74, 6) is 1.16. The average molecular weight is 240 g/mol. The standard InChI is InChI=1S/C18H24/c1-11(2)15-7-13(5)10-18-16(12(3)4)8-14(6)9-17(15)18/h7-12H,1-6H3. The van der Waals surface area contributed by atoms with Crippen molar-refractivity contribution >= 4 is 10.8 Å². The first-order valence-corrected chi connectivity index (χ1v) is 6.95. The number of rotatable bonds is 2. The summed E-state index contributed by atoms with van der Waals surface area (Å²) >= 11 is 0. The third kappa shape index (κ3) is 2.29. The quantitative estimate of drug-likeness (QED) is 0.631. The molecule has 0 nitrogen and oxygen atoms in total. The number of aryl methyl sites for hydroxylation is 2. The molecule has 0 unspecified atom stereocenters. The third-order valence-corrected chi connectivity index (χ3v) is 3.67. The molecule has 0 spiro atoms. The number of benzene rings is 2. The van der Waals surface area contributed by atoms with Crippen LogP contribution in [-0.2, 0) is 0 Å². The molecule has 2 aromatic carbocycles. The summed E-state index contributed by atoms with van der Waals surface area (Å²) in [6, 6.07) is 9.37. The van der Waals surface area contributed by atoms with E-state index in [0.29, 0.717) is 11.8 Å². The van der Waals surface area contributed by atoms with E-state index in [1.807, 2.05) is 0 Å². The first-order chi connectivity index (χ1) is 8.40. The maximum Gasteiger partial charge on any atom is -0.0144 e. The smallest absolute Gasteiger partial charge is 0.0144 e. The van der Waals surface area contributed by atoms with E-state index in [1.54, 1.807) is 0 Å². The van der Waals surface area contributed by atoms with E-state index >= 15 is 0 Å². The van der Waals surface area contributed by atoms with Crippen LogP contribution in [0.3, 0.4) is 0 Å². The van der Waals surface area contributed by atoms with Crippen molar-refractivity contribution in [3.8, 4) is 0 Å². The molecule has 96 valence electrons. The molecule has 18 heavy (non-hydrogen) atoms. The minimum atomic E-state index is 0.578. The van der Waals surface area contributed by atoms with Gasteiger partial charge in [-0.2, -0.15) is 0 Å². The Morgan fingerprint density at radius 2 is 0.944 bits per heavy atom. The zero-order valence-corrected chi connectivity index (χ0v) is 12.5. The summed E-state index contributed by atoms with van der Waals surface area (Å²) in [7, 11) is 0. The lowest BCUT2D eigenvalue weighted by Gasteiger charge is -2.17. The summed E-state index contributed by atoms with van der Waals surface area (Å²) in [4.78, 5) is 0. The van der Waals surface area contributed by atoms with Gasteiger partial charge in [-0.3, -0.25) is 0 Å². The van der Waals surface area contributed by atoms with Gasteiger partial charge in [-0.05, 0) is 47.6 Å². The summed E-state index contributed by atoms with van der Waals surface area (Å²) in [6.07, 6.45) is 0. The third-order valence-electron chi connectivity index (χ3n) is 3.67. The predicted octanol–water partition coefficient (Wildman–Crippen LogP) is 5.70. The molecule has 0 aromatic heterocycles. The summed E-state index contributed by atoms with van der Waals surface area (Å²) < 4.78 is 0. The van der Waals surface area contributed by atoms with E-state index in [0.717, 1.165) is 0 Å². The molecule has 0 aliphatic carbocycles. The highest BCUT2D eigenvalue weighted by molar-refractivity contribution is 5.90. The molecule has 0 aliphatic heterocycles. The average Bonchev–Trinajstić information content (AvgIpc) is 2.27. The minimum absolute atomic E-state index is 0.578. The second kappa shape index (κ2) is 4.76. The van der Waals surface area contributed by atoms with Crippen molar-refractivity contribution in [3.63, 3.8) is 0 Å². The van der Waals surface area contributed by atoms with Crippen LogP contribution >= 0.6 is 0 Å². The van der Waals surface area contributed by atoms with Crippen LogP contribution in [0.25, 0.3) is 10.8 Å². The normalized spacial score (nSPS) is 11.8. The Kier molecular flexibility index (Phi) is 3.47. The first kappa shape index (κ1) is 13.1. The van der Waals surface area contributed by atoms with Crippen LogP contribution in [0.5, 0.6) is 0 Å². The topological polar surface area (TPSA) is 0 Å². The van der Waals surface area contributed by atoms with Crippen LogP contribution in [-0.4, -0.2) is 0 Å². The van der Waals surface area contributed by atoms with Crippen LogP contribution in [0.2, 0.25) is 0 Å². The van der Waals surface area contributed by atoms with Gasteiger partial charge in [-0.1, -0.05) is 63.1 Å². The monoisotopic (exact) mass is 240 g/mol. The zero-order valence-electron chi connectivity index (χ0n) is 12.5. The van der Waals surface area contributed by atoms with E-state index < -0.39 is 0 Å². The largest absolute Gasteiger partial charge is 0.0587 e. The van der Waals surface area contributed by atoms with Crippen LogP contribution in [0.15, 0.2) is 24.3 Å². The van der Waals surface area contributed by atoms with Gasteiger partial charge in [0.1, 0.15) is 0 Å². The second-order valence-corrected chi connectivity index (χ2v) is 6.11. The Morgan fingerprint density at radius 1 is 0.611 bits per heavy atom. The van der Waals surface area contributed by atoms with Gasteiger partial charge < -0.3 is 0 Å². The Bertz CT molecular complexity index is 521. The van der Waals surface area contributed by atoms with Gasteiger partial charge in [0.05, 0.1) is 0 Å². The Balaban J connectivity index is 2.89. The van der Waals surface area contributed by atoms with Gasteiger partial charge in [0.2, 0.25) is 0 Å². The van der Waals surface area contributed by atoms with Crippen LogP contribution < -0.4 is 0 Å². The fraction of sp³-hybridized carbons (Fsp3) is 0.444. The highest BCUT2D eigenvalue weighted by Crippen LogP contribution is 2.33. The summed E-state index contributed by atoms with van der Waals surface area (Å²) in [5, 5.41) is 2.89. The SMILES string of the molecule is Cc1cc(C(C)C)c2cc(C)cc(C(C)C)c2c1. The highest BCUT2D eigenvalue weighted by atomic mass is 14.2. The van der Waals surface area contributed by atoms with Crippen LogP contribution in [0.1, 0.15) is 61.8 Å². The van der Waals surface area contributed by atoms with Gasteiger partial charge in [-0.25, -0.2) is 0 Å². The van der Waals surface area contributed by atoms with Gasteiger partial charge >= 0.3 is 0 Å². The molecule has 2 aromatic rings. The summed E-state index contributed by atoms with van der Waals surface area (Å²) in [6.45, 7) is 13.5. The van der Waals surface area contributed by atoms with Crippen molar-refractivity contribution in [2.75, 3.05) is 0 Å². The van der Waals surface area contributed by atoms with E-state index in [2.05, 4.69) is 65.8 Å². The zero-order chi connectivity index (χ0) is 13.4. The molecule has 2 rings (SSSR count). The van der Waals surface area contributed by atoms with E-state index in [-0.39, 0.29) is 0 Å². The van der Waals surface area contributed by atoms with Crippen molar-refractivity contribution < 1.29 is 0 Å². The molecule has 0 saturated carbocycles. The maximum atomic E-state index is 2.34. The first-order valence-electron chi connectivity index (χ1n) is 6.95. The summed E-state index contributed by atoms with van der Waals surface area (Å²) in [5.41, 5.74) is 5.71. The maximum absolute atomic E-state index is 2.34. The Hall–Kier alpha value is -1.30. The van der Waals surface area contributed by atoms with Crippen LogP contribution in [0.4, 0.5) is 0 Å². The molecule has 0 heterocycles. The lowest BCUT2D eigenvalue weighted by Crippen LogP contribution is -1.97. The number of fused-ring (bicyclic) bond motifs is 1. The molecule has 0 saturated heterocycles. The number of hydrogen-bond acceptors (Lipinski definition) is 0. The van der Waals surface area contributed by atoms with E-state index in [9.17, 15) is 0 Å². The lowest BCUT2D eigenvalue weighted by molar-refractivity contribution is 0.865. The Morgan fingerprint density at radius 3 is 1.22 bits per heavy atom. The van der Waals surface area contributed by atoms with Gasteiger partial charge in [-0.15, -0.1) is 0 Å². The fourth-order valence-electron chi connectivity index (χ4n) is 2.77. The van der Waals surface area contributed by atoms with Crippen molar-refractivity contribution in [1.82, 2.24) is 0 Å². The van der Waals surface area contributed by atoms with E-state index in [1.165, 1.54) is 33.0 Å². The van der Waals surface area contributed by atoms with Crippen LogP contribution in [0, 0.1) is 13.8 Å². The molecular formula is C18H24. The van der Waals surface area contributed by atoms with Crippen molar-refractivity contribution in [3.05, 3.63) is 46.5 Å². The van der Waals surface area contributed by atoms with Crippen molar-refractivity contribution in [2.45, 2.75) is 53.4 Å². The predicted molar refractivity (Wildman–Crippen MR) is 81.6 cm³/mol. The van der Waals surface area contributed by atoms with Gasteiger partial charge in [0.25, 0.3) is 0 Å². The molecule has 0 heteroatoms. The molecule has 0 N–H and O–H groups in total.